The summed E-state index contributed by atoms with van der Waals surface area (Å²) in [6.07, 6.45) is 0. The molecule has 0 amide bonds. The van der Waals surface area contributed by atoms with Gasteiger partial charge in [-0.15, -0.1) is 0 Å². The van der Waals surface area contributed by atoms with E-state index in [9.17, 15) is 4.39 Å². The summed E-state index contributed by atoms with van der Waals surface area (Å²) in [5, 5.41) is 0. The van der Waals surface area contributed by atoms with Gasteiger partial charge in [0.05, 0.1) is 0 Å². The molecule has 0 N–H and O–H groups in total. The van der Waals surface area contributed by atoms with Gasteiger partial charge in [-0.2, -0.15) is 0 Å². The Kier molecular flexibility index (Phi) is 13.7. The third-order valence-electron chi connectivity index (χ3n) is 1.01. The van der Waals surface area contributed by atoms with Gasteiger partial charge in [-0.1, -0.05) is 17.7 Å². The van der Waals surface area contributed by atoms with Gasteiger partial charge in [-0.3, -0.25) is 0 Å². The van der Waals surface area contributed by atoms with Crippen molar-refractivity contribution in [3.63, 3.8) is 0 Å². The zero-order valence-corrected chi connectivity index (χ0v) is 9.08. The van der Waals surface area contributed by atoms with Crippen molar-refractivity contribution in [2.45, 2.75) is 6.92 Å². The molecule has 0 fully saturated rings. The van der Waals surface area contributed by atoms with Gasteiger partial charge >= 0.3 is 23.1 Å². The summed E-state index contributed by atoms with van der Waals surface area (Å²) < 4.78 is 12.1. The Labute approximate surface area is 94.5 Å². The fraction of sp³-hybridized carbons (Fsp3) is 0.143. The van der Waals surface area contributed by atoms with Crippen LogP contribution in [-0.2, 0) is 0 Å². The first-order valence-corrected chi connectivity index (χ1v) is 2.51. The third-order valence-corrected chi connectivity index (χ3v) is 1.01. The second kappa shape index (κ2) is 8.59. The van der Waals surface area contributed by atoms with E-state index in [2.05, 4.69) is 0 Å². The molecule has 0 bridgehead atoms. The number of rotatable bonds is 0. The zero-order chi connectivity index (χ0) is 5.98. The first-order chi connectivity index (χ1) is 3.79. The molecule has 0 saturated heterocycles. The van der Waals surface area contributed by atoms with Gasteiger partial charge in [0.25, 0.3) is 0 Å². The van der Waals surface area contributed by atoms with Gasteiger partial charge in [-0.05, 0) is 19.1 Å². The molecule has 0 unspecified atom stereocenters. The monoisotopic (exact) mass is 204 g/mol. The Morgan fingerprint density at radius 3 is 1.64 bits per heavy atom. The SMILES string of the molecule is Cc1ccc(F)cc1.[Cl-].[Cl-].[Mg+2]. The van der Waals surface area contributed by atoms with E-state index >= 15 is 0 Å². The minimum Gasteiger partial charge on any atom is -1.00 e. The van der Waals surface area contributed by atoms with Crippen molar-refractivity contribution in [3.05, 3.63) is 35.6 Å². The van der Waals surface area contributed by atoms with Crippen LogP contribution in [0, 0.1) is 12.7 Å². The van der Waals surface area contributed by atoms with Crippen LogP contribution in [0.5, 0.6) is 0 Å². The van der Waals surface area contributed by atoms with Gasteiger partial charge in [0, 0.05) is 0 Å². The predicted octanol–water partition coefficient (Wildman–Crippen LogP) is -4.24. The van der Waals surface area contributed by atoms with E-state index in [-0.39, 0.29) is 53.7 Å². The average molecular weight is 205 g/mol. The molecule has 58 valence electrons. The molecule has 4 heteroatoms. The molecule has 0 aliphatic heterocycles. The van der Waals surface area contributed by atoms with Crippen LogP contribution in [-0.4, -0.2) is 23.1 Å². The van der Waals surface area contributed by atoms with Crippen LogP contribution in [0.15, 0.2) is 24.3 Å². The van der Waals surface area contributed by atoms with Crippen LogP contribution in [0.1, 0.15) is 5.56 Å². The molecule has 1 rings (SSSR count). The quantitative estimate of drug-likeness (QED) is 0.377. The van der Waals surface area contributed by atoms with Gasteiger partial charge < -0.3 is 24.8 Å². The Morgan fingerprint density at radius 1 is 1.00 bits per heavy atom. The Hall–Kier alpha value is 0.496. The molecule has 0 nitrogen and oxygen atoms in total. The third kappa shape index (κ3) is 6.88. The fourth-order valence-electron chi connectivity index (χ4n) is 0.533. The summed E-state index contributed by atoms with van der Waals surface area (Å²) in [4.78, 5) is 0. The molecule has 1 aromatic rings. The van der Waals surface area contributed by atoms with Crippen molar-refractivity contribution in [1.29, 1.82) is 0 Å². The van der Waals surface area contributed by atoms with Crippen LogP contribution in [0.4, 0.5) is 4.39 Å². The van der Waals surface area contributed by atoms with Crippen molar-refractivity contribution in [2.24, 2.45) is 0 Å². The van der Waals surface area contributed by atoms with Gasteiger partial charge in [0.1, 0.15) is 5.82 Å². The molecule has 0 radical (unpaired) electrons. The van der Waals surface area contributed by atoms with Crippen molar-refractivity contribution in [1.82, 2.24) is 0 Å². The predicted molar refractivity (Wildman–Crippen MR) is 36.9 cm³/mol. The minimum absolute atomic E-state index is 0. The van der Waals surface area contributed by atoms with E-state index in [1.165, 1.54) is 12.1 Å². The molecule has 0 aliphatic rings. The number of hydrogen-bond acceptors (Lipinski definition) is 0. The standard InChI is InChI=1S/C7H7F.2ClH.Mg/c1-6-2-4-7(8)5-3-6;;;/h2-5H,1H3;2*1H;/q;;;+2/p-2. The molecule has 0 heterocycles. The average Bonchev–Trinajstić information content (AvgIpc) is 1.77. The van der Waals surface area contributed by atoms with Crippen LogP contribution >= 0.6 is 0 Å². The van der Waals surface area contributed by atoms with Crippen LogP contribution in [0.3, 0.4) is 0 Å². The maximum Gasteiger partial charge on any atom is 2.00 e. The Bertz CT molecular complexity index is 155. The van der Waals surface area contributed by atoms with Crippen LogP contribution in [0.25, 0.3) is 0 Å². The van der Waals surface area contributed by atoms with Crippen molar-refractivity contribution in [2.75, 3.05) is 0 Å². The van der Waals surface area contributed by atoms with Gasteiger partial charge in [-0.25, -0.2) is 4.39 Å². The summed E-state index contributed by atoms with van der Waals surface area (Å²) in [5.74, 6) is -0.171. The van der Waals surface area contributed by atoms with Crippen LogP contribution < -0.4 is 24.8 Å². The molecular weight excluding hydrogens is 198 g/mol. The first-order valence-electron chi connectivity index (χ1n) is 2.51. The molecule has 11 heavy (non-hydrogen) atoms. The van der Waals surface area contributed by atoms with Crippen molar-refractivity contribution >= 4 is 23.1 Å². The van der Waals surface area contributed by atoms with E-state index < -0.39 is 0 Å². The van der Waals surface area contributed by atoms with E-state index in [1.807, 2.05) is 6.92 Å². The maximum absolute atomic E-state index is 12.1. The molecule has 0 aromatic heterocycles. The zero-order valence-electron chi connectivity index (χ0n) is 6.15. The normalized spacial score (nSPS) is 6.73. The number of halogens is 3. The van der Waals surface area contributed by atoms with E-state index in [0.717, 1.165) is 5.56 Å². The van der Waals surface area contributed by atoms with E-state index in [4.69, 9.17) is 0 Å². The fourth-order valence-corrected chi connectivity index (χ4v) is 0.533. The molecule has 0 spiro atoms. The topological polar surface area (TPSA) is 0 Å². The van der Waals surface area contributed by atoms with Crippen LogP contribution in [0.2, 0.25) is 0 Å². The molecule has 1 aromatic carbocycles. The minimum atomic E-state index is -0.171. The Morgan fingerprint density at radius 2 is 1.36 bits per heavy atom. The summed E-state index contributed by atoms with van der Waals surface area (Å²) in [5.41, 5.74) is 1.09. The maximum atomic E-state index is 12.1. The van der Waals surface area contributed by atoms with Crippen molar-refractivity contribution < 1.29 is 29.2 Å². The largest absolute Gasteiger partial charge is 2.00 e. The summed E-state index contributed by atoms with van der Waals surface area (Å²) in [6.45, 7) is 1.93. The molecule has 0 aliphatic carbocycles. The number of aryl methyl sites for hydroxylation is 1. The number of benzene rings is 1. The van der Waals surface area contributed by atoms with E-state index in [0.29, 0.717) is 0 Å². The van der Waals surface area contributed by atoms with Crippen molar-refractivity contribution in [3.8, 4) is 0 Å². The second-order valence-electron chi connectivity index (χ2n) is 1.80. The summed E-state index contributed by atoms with van der Waals surface area (Å²) in [6, 6.07) is 6.40. The second-order valence-corrected chi connectivity index (χ2v) is 1.80. The molecule has 0 atom stereocenters. The van der Waals surface area contributed by atoms with E-state index in [1.54, 1.807) is 12.1 Å². The molecular formula is C7H7Cl2FMg. The first kappa shape index (κ1) is 17.5. The Balaban J connectivity index is -0.000000213. The summed E-state index contributed by atoms with van der Waals surface area (Å²) in [7, 11) is 0. The number of hydrogen-bond donors (Lipinski definition) is 0. The molecule has 0 saturated carbocycles. The van der Waals surface area contributed by atoms with Gasteiger partial charge in [0.15, 0.2) is 0 Å². The summed E-state index contributed by atoms with van der Waals surface area (Å²) >= 11 is 0. The smallest absolute Gasteiger partial charge is 1.00 e. The van der Waals surface area contributed by atoms with Gasteiger partial charge in [0.2, 0.25) is 0 Å².